The topological polar surface area (TPSA) is 98.9 Å². The lowest BCUT2D eigenvalue weighted by atomic mass is 10.0. The van der Waals surface area contributed by atoms with Crippen LogP contribution in [0.15, 0.2) is 46.0 Å². The van der Waals surface area contributed by atoms with Gasteiger partial charge in [-0.1, -0.05) is 22.9 Å². The van der Waals surface area contributed by atoms with Crippen LogP contribution in [-0.2, 0) is 16.5 Å². The van der Waals surface area contributed by atoms with Crippen LogP contribution < -0.4 is 9.47 Å². The summed E-state index contributed by atoms with van der Waals surface area (Å²) in [4.78, 5) is -0.115. The van der Waals surface area contributed by atoms with Gasteiger partial charge in [-0.15, -0.1) is 0 Å². The van der Waals surface area contributed by atoms with E-state index < -0.39 is 16.2 Å². The maximum absolute atomic E-state index is 11.6. The summed E-state index contributed by atoms with van der Waals surface area (Å²) < 4.78 is 49.4. The quantitative estimate of drug-likeness (QED) is 0.716. The minimum Gasteiger partial charge on any atom is -0.486 e. The molecule has 0 saturated heterocycles. The highest BCUT2D eigenvalue weighted by Gasteiger charge is 2.26. The van der Waals surface area contributed by atoms with Gasteiger partial charge < -0.3 is 14.0 Å². The number of aryl methyl sites for hydroxylation is 1. The Morgan fingerprint density at radius 3 is 2.92 bits per heavy atom. The third kappa shape index (κ3) is 2.94. The van der Waals surface area contributed by atoms with Crippen molar-refractivity contribution in [3.8, 4) is 11.5 Å². The van der Waals surface area contributed by atoms with Gasteiger partial charge in [0.25, 0.3) is 10.1 Å². The average molecular weight is 361 g/mol. The Balaban J connectivity index is 1.68. The zero-order valence-corrected chi connectivity index (χ0v) is 14.1. The van der Waals surface area contributed by atoms with Crippen LogP contribution >= 0.6 is 0 Å². The number of rotatable bonds is 3. The van der Waals surface area contributed by atoms with Gasteiger partial charge in [0, 0.05) is 6.42 Å². The Kier molecular flexibility index (Phi) is 3.66. The third-order valence-electron chi connectivity index (χ3n) is 4.11. The molecule has 1 aliphatic rings. The van der Waals surface area contributed by atoms with Crippen LogP contribution in [0.5, 0.6) is 11.5 Å². The second-order valence-corrected chi connectivity index (χ2v) is 7.37. The minimum atomic E-state index is -4.31. The van der Waals surface area contributed by atoms with Crippen LogP contribution in [0.4, 0.5) is 0 Å². The molecule has 0 fully saturated rings. The van der Waals surface area contributed by atoms with Crippen molar-refractivity contribution in [2.45, 2.75) is 24.3 Å². The molecule has 0 bridgehead atoms. The van der Waals surface area contributed by atoms with Crippen molar-refractivity contribution in [1.29, 1.82) is 0 Å². The molecule has 3 aromatic rings. The van der Waals surface area contributed by atoms with Gasteiger partial charge in [-0.3, -0.25) is 4.55 Å². The Morgan fingerprint density at radius 1 is 1.28 bits per heavy atom. The number of benzene rings is 2. The predicted molar refractivity (Wildman–Crippen MR) is 88.6 cm³/mol. The first kappa shape index (κ1) is 15.9. The molecule has 0 amide bonds. The Labute approximate surface area is 143 Å². The van der Waals surface area contributed by atoms with E-state index >= 15 is 0 Å². The summed E-state index contributed by atoms with van der Waals surface area (Å²) in [6.07, 6.45) is 1.35. The maximum Gasteiger partial charge on any atom is 0.294 e. The van der Waals surface area contributed by atoms with Gasteiger partial charge in [0.1, 0.15) is 24.5 Å². The van der Waals surface area contributed by atoms with Gasteiger partial charge in [-0.2, -0.15) is 8.42 Å². The van der Waals surface area contributed by atoms with E-state index in [2.05, 4.69) is 5.16 Å². The van der Waals surface area contributed by atoms with Crippen LogP contribution in [0.3, 0.4) is 0 Å². The van der Waals surface area contributed by atoms with Crippen LogP contribution in [0.2, 0.25) is 0 Å². The second-order valence-electron chi connectivity index (χ2n) is 5.98. The SMILES string of the molecule is Cc1ccc(S(=O)(=O)O)c(C[C@@H]2COc3ccc4nocc4c3O2)c1. The van der Waals surface area contributed by atoms with Crippen molar-refractivity contribution < 1.29 is 27.0 Å². The lowest BCUT2D eigenvalue weighted by molar-refractivity contribution is 0.0928. The molecule has 0 spiro atoms. The van der Waals surface area contributed by atoms with Crippen LogP contribution in [0.25, 0.3) is 10.9 Å². The van der Waals surface area contributed by atoms with Crippen molar-refractivity contribution in [2.24, 2.45) is 0 Å². The number of nitrogens with zero attached hydrogens (tertiary/aromatic N) is 1. The molecule has 0 aliphatic carbocycles. The van der Waals surface area contributed by atoms with Crippen molar-refractivity contribution in [3.63, 3.8) is 0 Å². The largest absolute Gasteiger partial charge is 0.486 e. The van der Waals surface area contributed by atoms with Gasteiger partial charge in [0.05, 0.1) is 10.3 Å². The summed E-state index contributed by atoms with van der Waals surface area (Å²) in [5.74, 6) is 1.11. The van der Waals surface area contributed by atoms with E-state index in [1.807, 2.05) is 6.92 Å². The fraction of sp³-hybridized carbons (Fsp3) is 0.235. The molecule has 1 aromatic heterocycles. The summed E-state index contributed by atoms with van der Waals surface area (Å²) in [6.45, 7) is 2.12. The number of hydrogen-bond acceptors (Lipinski definition) is 6. The second kappa shape index (κ2) is 5.75. The van der Waals surface area contributed by atoms with E-state index in [0.29, 0.717) is 28.0 Å². The lowest BCUT2D eigenvalue weighted by Gasteiger charge is -2.27. The Bertz CT molecular complexity index is 1060. The molecule has 1 atom stereocenters. The van der Waals surface area contributed by atoms with Gasteiger partial charge in [0.2, 0.25) is 0 Å². The van der Waals surface area contributed by atoms with Crippen LogP contribution in [0.1, 0.15) is 11.1 Å². The lowest BCUT2D eigenvalue weighted by Crippen LogP contribution is -2.31. The first-order valence-corrected chi connectivity index (χ1v) is 9.09. The fourth-order valence-corrected chi connectivity index (χ4v) is 3.70. The first-order chi connectivity index (χ1) is 11.9. The van der Waals surface area contributed by atoms with Crippen LogP contribution in [-0.4, -0.2) is 30.8 Å². The molecule has 2 aromatic carbocycles. The molecule has 2 heterocycles. The maximum atomic E-state index is 11.6. The summed E-state index contributed by atoms with van der Waals surface area (Å²) in [7, 11) is -4.31. The number of hydrogen-bond donors (Lipinski definition) is 1. The highest BCUT2D eigenvalue weighted by atomic mass is 32.2. The first-order valence-electron chi connectivity index (χ1n) is 7.65. The predicted octanol–water partition coefficient (Wildman–Crippen LogP) is 2.77. The van der Waals surface area contributed by atoms with Crippen molar-refractivity contribution in [1.82, 2.24) is 5.16 Å². The zero-order valence-electron chi connectivity index (χ0n) is 13.3. The average Bonchev–Trinajstić information content (AvgIpc) is 3.03. The molecule has 0 saturated carbocycles. The number of ether oxygens (including phenoxy) is 2. The van der Waals surface area contributed by atoms with Crippen molar-refractivity contribution in [3.05, 3.63) is 47.7 Å². The molecule has 4 rings (SSSR count). The van der Waals surface area contributed by atoms with Gasteiger partial charge in [0.15, 0.2) is 11.5 Å². The molecule has 7 nitrogen and oxygen atoms in total. The standard InChI is InChI=1S/C17H15NO6S/c1-10-2-5-16(25(19,20)21)11(6-10)7-12-8-22-15-4-3-14-13(9-23-18-14)17(15)24-12/h2-6,9,12H,7-8H2,1H3,(H,19,20,21)/t12-/m1/s1. The van der Waals surface area contributed by atoms with Crippen molar-refractivity contribution >= 4 is 21.0 Å². The molecule has 8 heteroatoms. The Morgan fingerprint density at radius 2 is 2.12 bits per heavy atom. The minimum absolute atomic E-state index is 0.115. The van der Waals surface area contributed by atoms with E-state index in [-0.39, 0.29) is 17.9 Å². The molecule has 25 heavy (non-hydrogen) atoms. The molecular weight excluding hydrogens is 346 g/mol. The highest BCUT2D eigenvalue weighted by molar-refractivity contribution is 7.85. The number of fused-ring (bicyclic) bond motifs is 3. The van der Waals surface area contributed by atoms with E-state index in [4.69, 9.17) is 14.0 Å². The summed E-state index contributed by atoms with van der Waals surface area (Å²) in [6, 6.07) is 8.30. The molecule has 1 N–H and O–H groups in total. The monoisotopic (exact) mass is 361 g/mol. The summed E-state index contributed by atoms with van der Waals surface area (Å²) >= 11 is 0. The molecule has 1 aliphatic heterocycles. The van der Waals surface area contributed by atoms with Crippen LogP contribution in [0, 0.1) is 6.92 Å². The molecule has 0 radical (unpaired) electrons. The van der Waals surface area contributed by atoms with E-state index in [1.165, 1.54) is 12.3 Å². The third-order valence-corrected chi connectivity index (χ3v) is 5.06. The smallest absolute Gasteiger partial charge is 0.294 e. The fourth-order valence-electron chi connectivity index (χ4n) is 2.98. The molecule has 0 unspecified atom stereocenters. The molecular formula is C17H15NO6S. The van der Waals surface area contributed by atoms with Gasteiger partial charge in [-0.05, 0) is 30.7 Å². The van der Waals surface area contributed by atoms with E-state index in [9.17, 15) is 13.0 Å². The van der Waals surface area contributed by atoms with E-state index in [1.54, 1.807) is 24.3 Å². The normalized spacial score (nSPS) is 17.0. The Hall–Kier alpha value is -2.58. The summed E-state index contributed by atoms with van der Waals surface area (Å²) in [5.41, 5.74) is 2.02. The van der Waals surface area contributed by atoms with Gasteiger partial charge in [-0.25, -0.2) is 0 Å². The highest BCUT2D eigenvalue weighted by Crippen LogP contribution is 2.39. The zero-order chi connectivity index (χ0) is 17.6. The molecule has 130 valence electrons. The van der Waals surface area contributed by atoms with E-state index in [0.717, 1.165) is 5.56 Å². The summed E-state index contributed by atoms with van der Waals surface area (Å²) in [5, 5.41) is 4.57. The van der Waals surface area contributed by atoms with Crippen molar-refractivity contribution in [2.75, 3.05) is 6.61 Å². The van der Waals surface area contributed by atoms with Gasteiger partial charge >= 0.3 is 0 Å². The number of aromatic nitrogens is 1.